The number of aliphatic carboxylic acids is 1. The summed E-state index contributed by atoms with van der Waals surface area (Å²) >= 11 is 3.41. The molecule has 136 valence electrons. The Hall–Kier alpha value is -2.66. The molecule has 1 aromatic rings. The summed E-state index contributed by atoms with van der Waals surface area (Å²) in [6.45, 7) is 1.71. The number of halogens is 1. The Morgan fingerprint density at radius 1 is 1.48 bits per heavy atom. The second-order valence-corrected chi connectivity index (χ2v) is 5.73. The number of nitrogens with one attached hydrogen (secondary N) is 1. The Labute approximate surface area is 152 Å². The first-order valence-electron chi connectivity index (χ1n) is 7.09. The highest BCUT2D eigenvalue weighted by Gasteiger charge is 2.16. The van der Waals surface area contributed by atoms with Crippen LogP contribution in [0.4, 0.5) is 0 Å². The standard InChI is InChI=1S/C14H20BrN7O3/c1-3-8-7(15)4-5-9(20-8)11(16)10(22(2)19)6-25-13(21-18)12(17)14(23)24/h4-5,18H,3,6,16-17,19H2,1-2H3,(H,23,24)/b11-10-,13-12+,21-18?. The SMILES string of the molecule is CCc1nc(/C(N)=C(\CO/C(N=N)=C(/N)C(=O)O)N(C)N)ccc1Br. The molecular formula is C14H20BrN7O3. The van der Waals surface area contributed by atoms with Crippen LogP contribution in [0.25, 0.3) is 5.70 Å². The predicted molar refractivity (Wildman–Crippen MR) is 94.3 cm³/mol. The van der Waals surface area contributed by atoms with Crippen LogP contribution in [0.5, 0.6) is 0 Å². The number of aryl methyl sites for hydroxylation is 1. The Balaban J connectivity index is 3.22. The van der Waals surface area contributed by atoms with Crippen LogP contribution >= 0.6 is 15.9 Å². The number of likely N-dealkylation sites (N-methyl/N-ethyl adjacent to an activating group) is 1. The number of carbonyl (C=O) groups is 1. The molecule has 0 bridgehead atoms. The third-order valence-corrected chi connectivity index (χ3v) is 3.90. The zero-order chi connectivity index (χ0) is 19.1. The normalized spacial score (nSPS) is 12.8. The van der Waals surface area contributed by atoms with E-state index >= 15 is 0 Å². The van der Waals surface area contributed by atoms with Gasteiger partial charge in [-0.2, -0.15) is 0 Å². The zero-order valence-corrected chi connectivity index (χ0v) is 15.4. The number of ether oxygens (including phenoxy) is 1. The van der Waals surface area contributed by atoms with E-state index in [9.17, 15) is 4.79 Å². The maximum absolute atomic E-state index is 10.8. The topological polar surface area (TPSA) is 177 Å². The lowest BCUT2D eigenvalue weighted by Crippen LogP contribution is -2.31. The highest BCUT2D eigenvalue weighted by atomic mass is 79.9. The average Bonchev–Trinajstić information content (AvgIpc) is 2.57. The molecule has 1 rings (SSSR count). The molecular weight excluding hydrogens is 394 g/mol. The molecule has 11 heteroatoms. The largest absolute Gasteiger partial charge is 0.476 e. The van der Waals surface area contributed by atoms with Crippen LogP contribution in [0.15, 0.2) is 39.0 Å². The lowest BCUT2D eigenvalue weighted by Gasteiger charge is -2.20. The summed E-state index contributed by atoms with van der Waals surface area (Å²) in [4.78, 5) is 15.3. The predicted octanol–water partition coefficient (Wildman–Crippen LogP) is 1.10. The Morgan fingerprint density at radius 3 is 2.60 bits per heavy atom. The number of nitrogens with zero attached hydrogens (tertiary/aromatic N) is 3. The molecule has 0 radical (unpaired) electrons. The lowest BCUT2D eigenvalue weighted by atomic mass is 10.2. The van der Waals surface area contributed by atoms with Crippen molar-refractivity contribution in [2.75, 3.05) is 13.7 Å². The molecule has 0 amide bonds. The smallest absolute Gasteiger partial charge is 0.357 e. The van der Waals surface area contributed by atoms with Gasteiger partial charge in [0.15, 0.2) is 5.70 Å². The summed E-state index contributed by atoms with van der Waals surface area (Å²) in [7, 11) is 1.53. The van der Waals surface area contributed by atoms with Gasteiger partial charge >= 0.3 is 5.97 Å². The minimum Gasteiger partial charge on any atom is -0.476 e. The molecule has 8 N–H and O–H groups in total. The first kappa shape index (κ1) is 20.4. The molecule has 0 saturated carbocycles. The highest BCUT2D eigenvalue weighted by Crippen LogP contribution is 2.20. The van der Waals surface area contributed by atoms with Crippen molar-refractivity contribution in [2.24, 2.45) is 22.4 Å². The molecule has 1 aromatic heterocycles. The van der Waals surface area contributed by atoms with E-state index in [1.54, 1.807) is 6.07 Å². The van der Waals surface area contributed by atoms with Gasteiger partial charge in [-0.15, -0.1) is 5.11 Å². The number of pyridine rings is 1. The number of carboxylic acid groups (broad SMARTS) is 1. The van der Waals surface area contributed by atoms with Gasteiger partial charge in [-0.3, -0.25) is 4.98 Å². The van der Waals surface area contributed by atoms with Crippen molar-refractivity contribution in [3.8, 4) is 0 Å². The summed E-state index contributed by atoms with van der Waals surface area (Å²) in [5.41, 5.74) is 19.6. The number of hydrogen-bond acceptors (Lipinski definition) is 9. The average molecular weight is 414 g/mol. The monoisotopic (exact) mass is 413 g/mol. The zero-order valence-electron chi connectivity index (χ0n) is 13.8. The number of hydrazine groups is 1. The quantitative estimate of drug-likeness (QED) is 0.138. The summed E-state index contributed by atoms with van der Waals surface area (Å²) in [5, 5.41) is 13.0. The molecule has 25 heavy (non-hydrogen) atoms. The fraction of sp³-hybridized carbons (Fsp3) is 0.286. The van der Waals surface area contributed by atoms with Gasteiger partial charge in [0, 0.05) is 11.5 Å². The summed E-state index contributed by atoms with van der Waals surface area (Å²) < 4.78 is 6.04. The van der Waals surface area contributed by atoms with Crippen LogP contribution in [-0.4, -0.2) is 34.7 Å². The molecule has 0 aliphatic rings. The van der Waals surface area contributed by atoms with Crippen molar-refractivity contribution in [3.05, 3.63) is 45.3 Å². The third kappa shape index (κ3) is 5.16. The number of carboxylic acids is 1. The Kier molecular flexibility index (Phi) is 7.33. The van der Waals surface area contributed by atoms with Crippen molar-refractivity contribution >= 4 is 27.6 Å². The Bertz CT molecular complexity index is 731. The Morgan fingerprint density at radius 2 is 2.12 bits per heavy atom. The molecule has 0 aliphatic heterocycles. The lowest BCUT2D eigenvalue weighted by molar-refractivity contribution is -0.133. The molecule has 0 unspecified atom stereocenters. The number of hydrogen-bond donors (Lipinski definition) is 5. The molecule has 0 fully saturated rings. The summed E-state index contributed by atoms with van der Waals surface area (Å²) in [6, 6.07) is 3.52. The number of aromatic nitrogens is 1. The summed E-state index contributed by atoms with van der Waals surface area (Å²) in [5.74, 6) is 3.78. The van der Waals surface area contributed by atoms with Gasteiger partial charge in [0.05, 0.1) is 22.8 Å². The van der Waals surface area contributed by atoms with Crippen LogP contribution in [0.3, 0.4) is 0 Å². The molecule has 0 aromatic carbocycles. The van der Waals surface area contributed by atoms with Gasteiger partial charge < -0.3 is 26.3 Å². The third-order valence-electron chi connectivity index (χ3n) is 3.17. The second kappa shape index (κ2) is 8.99. The van der Waals surface area contributed by atoms with E-state index in [1.807, 2.05) is 13.0 Å². The van der Waals surface area contributed by atoms with Gasteiger partial charge in [0.1, 0.15) is 6.61 Å². The van der Waals surface area contributed by atoms with Gasteiger partial charge in [0.25, 0.3) is 5.88 Å². The van der Waals surface area contributed by atoms with E-state index in [1.165, 1.54) is 12.1 Å². The first-order chi connectivity index (χ1) is 11.7. The maximum Gasteiger partial charge on any atom is 0.357 e. The van der Waals surface area contributed by atoms with E-state index in [0.29, 0.717) is 17.8 Å². The highest BCUT2D eigenvalue weighted by molar-refractivity contribution is 9.10. The van der Waals surface area contributed by atoms with E-state index in [4.69, 9.17) is 32.7 Å². The van der Waals surface area contributed by atoms with E-state index < -0.39 is 17.5 Å². The van der Waals surface area contributed by atoms with Gasteiger partial charge in [-0.05, 0) is 34.5 Å². The fourth-order valence-electron chi connectivity index (χ4n) is 1.80. The van der Waals surface area contributed by atoms with Crippen molar-refractivity contribution < 1.29 is 14.6 Å². The van der Waals surface area contributed by atoms with Crippen molar-refractivity contribution in [1.82, 2.24) is 9.99 Å². The molecule has 0 aliphatic carbocycles. The molecule has 0 spiro atoms. The van der Waals surface area contributed by atoms with Gasteiger partial charge in [-0.1, -0.05) is 6.92 Å². The van der Waals surface area contributed by atoms with Crippen molar-refractivity contribution in [1.29, 1.82) is 5.53 Å². The van der Waals surface area contributed by atoms with Crippen LogP contribution in [-0.2, 0) is 16.0 Å². The van der Waals surface area contributed by atoms with E-state index in [-0.39, 0.29) is 12.3 Å². The first-order valence-corrected chi connectivity index (χ1v) is 7.88. The molecule has 0 atom stereocenters. The maximum atomic E-state index is 10.8. The second-order valence-electron chi connectivity index (χ2n) is 4.87. The van der Waals surface area contributed by atoms with Crippen LogP contribution in [0.1, 0.15) is 18.3 Å². The van der Waals surface area contributed by atoms with E-state index in [2.05, 4.69) is 26.0 Å². The van der Waals surface area contributed by atoms with Gasteiger partial charge in [0.2, 0.25) is 0 Å². The summed E-state index contributed by atoms with van der Waals surface area (Å²) in [6.07, 6.45) is 0.700. The van der Waals surface area contributed by atoms with Crippen LogP contribution in [0, 0.1) is 5.53 Å². The number of rotatable bonds is 8. The number of nitrogens with two attached hydrogens (primary N) is 3. The minimum atomic E-state index is -1.45. The van der Waals surface area contributed by atoms with E-state index in [0.717, 1.165) is 10.2 Å². The van der Waals surface area contributed by atoms with Crippen molar-refractivity contribution in [3.63, 3.8) is 0 Å². The molecule has 1 heterocycles. The van der Waals surface area contributed by atoms with Crippen LogP contribution < -0.4 is 17.3 Å². The minimum absolute atomic E-state index is 0.241. The fourth-order valence-corrected chi connectivity index (χ4v) is 2.30. The van der Waals surface area contributed by atoms with Gasteiger partial charge in [-0.25, -0.2) is 16.2 Å². The molecule has 10 nitrogen and oxygen atoms in total. The van der Waals surface area contributed by atoms with Crippen molar-refractivity contribution in [2.45, 2.75) is 13.3 Å². The van der Waals surface area contributed by atoms with Crippen LogP contribution in [0.2, 0.25) is 0 Å². The molecule has 0 saturated heterocycles.